The Balaban J connectivity index is 2.88. The first-order valence-corrected chi connectivity index (χ1v) is 4.78. The molecular formula is C11H16FNO. The molecule has 3 heteroatoms. The summed E-state index contributed by atoms with van der Waals surface area (Å²) in [5.41, 5.74) is 6.82. The molecule has 0 aliphatic rings. The summed E-state index contributed by atoms with van der Waals surface area (Å²) in [6, 6.07) is 4.73. The van der Waals surface area contributed by atoms with E-state index in [9.17, 15) is 4.39 Å². The highest BCUT2D eigenvalue weighted by atomic mass is 19.1. The van der Waals surface area contributed by atoms with Crippen molar-refractivity contribution in [3.63, 3.8) is 0 Å². The lowest BCUT2D eigenvalue weighted by atomic mass is 10.0. The fraction of sp³-hybridized carbons (Fsp3) is 0.455. The zero-order valence-corrected chi connectivity index (χ0v) is 8.59. The number of benzene rings is 1. The van der Waals surface area contributed by atoms with E-state index in [4.69, 9.17) is 10.5 Å². The third-order valence-corrected chi connectivity index (χ3v) is 2.20. The molecule has 0 radical (unpaired) electrons. The summed E-state index contributed by atoms with van der Waals surface area (Å²) in [4.78, 5) is 0. The quantitative estimate of drug-likeness (QED) is 0.805. The molecule has 0 bridgehead atoms. The molecule has 0 unspecified atom stereocenters. The van der Waals surface area contributed by atoms with Crippen LogP contribution >= 0.6 is 0 Å². The molecular weight excluding hydrogens is 181 g/mol. The summed E-state index contributed by atoms with van der Waals surface area (Å²) < 4.78 is 17.9. The number of halogens is 1. The largest absolute Gasteiger partial charge is 0.494 e. The van der Waals surface area contributed by atoms with Crippen molar-refractivity contribution in [1.29, 1.82) is 0 Å². The Morgan fingerprint density at radius 1 is 1.50 bits per heavy atom. The smallest absolute Gasteiger partial charge is 0.165 e. The maximum Gasteiger partial charge on any atom is 0.165 e. The van der Waals surface area contributed by atoms with Crippen molar-refractivity contribution < 1.29 is 9.13 Å². The third-order valence-electron chi connectivity index (χ3n) is 2.20. The van der Waals surface area contributed by atoms with Gasteiger partial charge in [0.1, 0.15) is 0 Å². The predicted molar refractivity (Wildman–Crippen MR) is 54.8 cm³/mol. The zero-order valence-electron chi connectivity index (χ0n) is 8.59. The van der Waals surface area contributed by atoms with Crippen molar-refractivity contribution in [2.24, 2.45) is 5.73 Å². The van der Waals surface area contributed by atoms with Gasteiger partial charge in [-0.2, -0.15) is 0 Å². The summed E-state index contributed by atoms with van der Waals surface area (Å²) >= 11 is 0. The summed E-state index contributed by atoms with van der Waals surface area (Å²) in [6.07, 6.45) is 1.91. The molecule has 0 aliphatic heterocycles. The normalized spacial score (nSPS) is 12.6. The van der Waals surface area contributed by atoms with Crippen LogP contribution in [0.3, 0.4) is 0 Å². The zero-order chi connectivity index (χ0) is 10.6. The van der Waals surface area contributed by atoms with E-state index in [0.717, 1.165) is 18.4 Å². The Labute approximate surface area is 83.9 Å². The minimum atomic E-state index is -0.347. The van der Waals surface area contributed by atoms with Gasteiger partial charge >= 0.3 is 0 Å². The topological polar surface area (TPSA) is 35.2 Å². The van der Waals surface area contributed by atoms with Gasteiger partial charge in [-0.15, -0.1) is 0 Å². The van der Waals surface area contributed by atoms with Gasteiger partial charge in [0.2, 0.25) is 0 Å². The average molecular weight is 197 g/mol. The highest BCUT2D eigenvalue weighted by Crippen LogP contribution is 2.23. The van der Waals surface area contributed by atoms with Gasteiger partial charge in [0.05, 0.1) is 7.11 Å². The first kappa shape index (κ1) is 11.0. The molecule has 2 N–H and O–H groups in total. The van der Waals surface area contributed by atoms with Crippen molar-refractivity contribution in [3.05, 3.63) is 29.6 Å². The molecule has 1 rings (SSSR count). The molecule has 14 heavy (non-hydrogen) atoms. The lowest BCUT2D eigenvalue weighted by Gasteiger charge is -2.12. The molecule has 0 amide bonds. The van der Waals surface area contributed by atoms with E-state index >= 15 is 0 Å². The number of methoxy groups -OCH3 is 1. The lowest BCUT2D eigenvalue weighted by molar-refractivity contribution is 0.385. The van der Waals surface area contributed by atoms with Crippen LogP contribution in [0, 0.1) is 5.82 Å². The van der Waals surface area contributed by atoms with Crippen LogP contribution in [0.1, 0.15) is 31.4 Å². The van der Waals surface area contributed by atoms with Gasteiger partial charge in [-0.1, -0.05) is 19.4 Å². The van der Waals surface area contributed by atoms with Gasteiger partial charge in [-0.25, -0.2) is 4.39 Å². The molecule has 0 aromatic heterocycles. The van der Waals surface area contributed by atoms with Gasteiger partial charge in [-0.05, 0) is 24.1 Å². The van der Waals surface area contributed by atoms with Gasteiger partial charge < -0.3 is 10.5 Å². The lowest BCUT2D eigenvalue weighted by Crippen LogP contribution is -2.09. The fourth-order valence-electron chi connectivity index (χ4n) is 1.38. The molecule has 0 saturated heterocycles. The van der Waals surface area contributed by atoms with Crippen LogP contribution in [-0.2, 0) is 0 Å². The van der Waals surface area contributed by atoms with E-state index in [2.05, 4.69) is 6.92 Å². The van der Waals surface area contributed by atoms with E-state index in [1.165, 1.54) is 13.2 Å². The maximum atomic E-state index is 13.1. The Morgan fingerprint density at radius 3 is 2.79 bits per heavy atom. The van der Waals surface area contributed by atoms with Crippen molar-refractivity contribution >= 4 is 0 Å². The second kappa shape index (κ2) is 4.96. The second-order valence-electron chi connectivity index (χ2n) is 3.29. The Morgan fingerprint density at radius 2 is 2.21 bits per heavy atom. The summed E-state index contributed by atoms with van der Waals surface area (Å²) in [6.45, 7) is 2.07. The van der Waals surface area contributed by atoms with E-state index in [1.807, 2.05) is 0 Å². The highest BCUT2D eigenvalue weighted by molar-refractivity contribution is 5.31. The summed E-state index contributed by atoms with van der Waals surface area (Å²) in [7, 11) is 1.45. The van der Waals surface area contributed by atoms with E-state index < -0.39 is 0 Å². The van der Waals surface area contributed by atoms with Gasteiger partial charge in [0.25, 0.3) is 0 Å². The molecule has 1 aromatic carbocycles. The average Bonchev–Trinajstić information content (AvgIpc) is 2.19. The SMILES string of the molecule is CCC[C@H](N)c1ccc(F)c(OC)c1. The minimum Gasteiger partial charge on any atom is -0.494 e. The molecule has 0 spiro atoms. The number of nitrogens with two attached hydrogens (primary N) is 1. The number of rotatable bonds is 4. The van der Waals surface area contributed by atoms with Crippen LogP contribution in [0.4, 0.5) is 4.39 Å². The Bertz CT molecular complexity index is 301. The van der Waals surface area contributed by atoms with Gasteiger partial charge in [0.15, 0.2) is 11.6 Å². The molecule has 1 aromatic rings. The molecule has 1 atom stereocenters. The molecule has 0 saturated carbocycles. The fourth-order valence-corrected chi connectivity index (χ4v) is 1.38. The third kappa shape index (κ3) is 2.45. The standard InChI is InChI=1S/C11H16FNO/c1-3-4-10(13)8-5-6-9(12)11(7-8)14-2/h5-7,10H,3-4,13H2,1-2H3/t10-/m0/s1. The van der Waals surface area contributed by atoms with Crippen LogP contribution in [0.5, 0.6) is 5.75 Å². The van der Waals surface area contributed by atoms with Gasteiger partial charge in [-0.3, -0.25) is 0 Å². The molecule has 0 fully saturated rings. The summed E-state index contributed by atoms with van der Waals surface area (Å²) in [5, 5.41) is 0. The first-order valence-electron chi connectivity index (χ1n) is 4.78. The van der Waals surface area contributed by atoms with Crippen molar-refractivity contribution in [2.75, 3.05) is 7.11 Å². The minimum absolute atomic E-state index is 0.0329. The molecule has 0 aliphatic carbocycles. The van der Waals surface area contributed by atoms with Crippen LogP contribution in [0.25, 0.3) is 0 Å². The Hall–Kier alpha value is -1.09. The number of ether oxygens (including phenoxy) is 1. The first-order chi connectivity index (χ1) is 6.69. The van der Waals surface area contributed by atoms with Crippen LogP contribution in [0.15, 0.2) is 18.2 Å². The molecule has 2 nitrogen and oxygen atoms in total. The number of hydrogen-bond acceptors (Lipinski definition) is 2. The second-order valence-corrected chi connectivity index (χ2v) is 3.29. The van der Waals surface area contributed by atoms with E-state index in [0.29, 0.717) is 0 Å². The maximum absolute atomic E-state index is 13.1. The van der Waals surface area contributed by atoms with Crippen LogP contribution in [0.2, 0.25) is 0 Å². The summed E-state index contributed by atoms with van der Waals surface area (Å²) in [5.74, 6) is -0.0889. The highest BCUT2D eigenvalue weighted by Gasteiger charge is 2.08. The van der Waals surface area contributed by atoms with Crippen LogP contribution < -0.4 is 10.5 Å². The van der Waals surface area contributed by atoms with Crippen molar-refractivity contribution in [1.82, 2.24) is 0 Å². The Kier molecular flexibility index (Phi) is 3.89. The van der Waals surface area contributed by atoms with E-state index in [-0.39, 0.29) is 17.6 Å². The number of hydrogen-bond donors (Lipinski definition) is 1. The van der Waals surface area contributed by atoms with Crippen LogP contribution in [-0.4, -0.2) is 7.11 Å². The van der Waals surface area contributed by atoms with Crippen molar-refractivity contribution in [2.45, 2.75) is 25.8 Å². The van der Waals surface area contributed by atoms with Crippen molar-refractivity contribution in [3.8, 4) is 5.75 Å². The van der Waals surface area contributed by atoms with E-state index in [1.54, 1.807) is 12.1 Å². The monoisotopic (exact) mass is 197 g/mol. The van der Waals surface area contributed by atoms with Gasteiger partial charge in [0, 0.05) is 6.04 Å². The molecule has 78 valence electrons. The molecule has 0 heterocycles. The predicted octanol–water partition coefficient (Wildman–Crippen LogP) is 2.63.